The molecule has 2 aromatic rings. The lowest BCUT2D eigenvalue weighted by Gasteiger charge is -2.06. The lowest BCUT2D eigenvalue weighted by molar-refractivity contribution is 0.0952. The zero-order valence-electron chi connectivity index (χ0n) is 9.90. The number of aryl methyl sites for hydroxylation is 1. The van der Waals surface area contributed by atoms with Crippen molar-refractivity contribution < 1.29 is 4.79 Å². The fraction of sp³-hybridized carbons (Fsp3) is 0.364. The first-order valence-electron chi connectivity index (χ1n) is 5.44. The number of carbonyl (C=O) groups is 1. The predicted molar refractivity (Wildman–Crippen MR) is 62.6 cm³/mol. The smallest absolute Gasteiger partial charge is 0.254 e. The Balaban J connectivity index is 1.84. The van der Waals surface area contributed by atoms with E-state index in [9.17, 15) is 4.79 Å². The molecule has 0 aliphatic heterocycles. The molecular formula is C11H15N5O. The van der Waals surface area contributed by atoms with Crippen molar-refractivity contribution in [3.8, 4) is 0 Å². The van der Waals surface area contributed by atoms with Crippen molar-refractivity contribution in [2.75, 3.05) is 6.54 Å². The van der Waals surface area contributed by atoms with E-state index in [-0.39, 0.29) is 5.91 Å². The highest BCUT2D eigenvalue weighted by molar-refractivity contribution is 5.93. The molecule has 0 aliphatic carbocycles. The molecule has 2 rings (SSSR count). The van der Waals surface area contributed by atoms with Gasteiger partial charge in [0.25, 0.3) is 5.91 Å². The SMILES string of the molecule is Cc1ncn(CCNC(=O)c2cn[nH]c2)c1C. The Labute approximate surface area is 99.1 Å². The molecular weight excluding hydrogens is 218 g/mol. The van der Waals surface area contributed by atoms with Crippen LogP contribution in [0.3, 0.4) is 0 Å². The van der Waals surface area contributed by atoms with Crippen molar-refractivity contribution in [2.45, 2.75) is 20.4 Å². The zero-order valence-corrected chi connectivity index (χ0v) is 9.90. The molecule has 6 heteroatoms. The maximum Gasteiger partial charge on any atom is 0.254 e. The summed E-state index contributed by atoms with van der Waals surface area (Å²) in [4.78, 5) is 15.8. The molecule has 0 aromatic carbocycles. The van der Waals surface area contributed by atoms with Crippen molar-refractivity contribution in [1.82, 2.24) is 25.1 Å². The second kappa shape index (κ2) is 4.82. The number of hydrogen-bond acceptors (Lipinski definition) is 3. The van der Waals surface area contributed by atoms with Crippen molar-refractivity contribution in [3.63, 3.8) is 0 Å². The van der Waals surface area contributed by atoms with Gasteiger partial charge in [0, 0.05) is 25.0 Å². The third-order valence-electron chi connectivity index (χ3n) is 2.74. The van der Waals surface area contributed by atoms with E-state index in [1.165, 1.54) is 6.20 Å². The first-order chi connectivity index (χ1) is 8.18. The van der Waals surface area contributed by atoms with Gasteiger partial charge < -0.3 is 9.88 Å². The number of amides is 1. The average Bonchev–Trinajstić information content (AvgIpc) is 2.93. The number of hydrogen-bond donors (Lipinski definition) is 2. The van der Waals surface area contributed by atoms with Crippen LogP contribution in [0.1, 0.15) is 21.7 Å². The number of rotatable bonds is 4. The van der Waals surface area contributed by atoms with E-state index >= 15 is 0 Å². The molecule has 0 fully saturated rings. The molecule has 0 saturated heterocycles. The highest BCUT2D eigenvalue weighted by Crippen LogP contribution is 2.03. The highest BCUT2D eigenvalue weighted by Gasteiger charge is 2.06. The average molecular weight is 233 g/mol. The molecule has 2 N–H and O–H groups in total. The Morgan fingerprint density at radius 3 is 2.94 bits per heavy atom. The predicted octanol–water partition coefficient (Wildman–Crippen LogP) is 0.653. The minimum Gasteiger partial charge on any atom is -0.350 e. The van der Waals surface area contributed by atoms with Gasteiger partial charge >= 0.3 is 0 Å². The van der Waals surface area contributed by atoms with E-state index in [0.29, 0.717) is 12.1 Å². The first-order valence-corrected chi connectivity index (χ1v) is 5.44. The normalized spacial score (nSPS) is 10.5. The first kappa shape index (κ1) is 11.4. The Hall–Kier alpha value is -2.11. The van der Waals surface area contributed by atoms with E-state index in [1.54, 1.807) is 12.5 Å². The van der Waals surface area contributed by atoms with Gasteiger partial charge in [0.15, 0.2) is 0 Å². The maximum absolute atomic E-state index is 11.6. The number of carbonyl (C=O) groups excluding carboxylic acids is 1. The highest BCUT2D eigenvalue weighted by atomic mass is 16.1. The molecule has 2 heterocycles. The van der Waals surface area contributed by atoms with Gasteiger partial charge in [-0.1, -0.05) is 0 Å². The second-order valence-electron chi connectivity index (χ2n) is 3.85. The lowest BCUT2D eigenvalue weighted by Crippen LogP contribution is -2.27. The quantitative estimate of drug-likeness (QED) is 0.814. The fourth-order valence-corrected chi connectivity index (χ4v) is 1.54. The topological polar surface area (TPSA) is 75.6 Å². The fourth-order valence-electron chi connectivity index (χ4n) is 1.54. The Morgan fingerprint density at radius 2 is 2.35 bits per heavy atom. The molecule has 90 valence electrons. The molecule has 1 amide bonds. The number of imidazole rings is 1. The number of nitrogens with one attached hydrogen (secondary N) is 2. The summed E-state index contributed by atoms with van der Waals surface area (Å²) in [7, 11) is 0. The second-order valence-corrected chi connectivity index (χ2v) is 3.85. The summed E-state index contributed by atoms with van der Waals surface area (Å²) in [6, 6.07) is 0. The molecule has 0 radical (unpaired) electrons. The van der Waals surface area contributed by atoms with E-state index in [1.807, 2.05) is 18.4 Å². The van der Waals surface area contributed by atoms with Gasteiger partial charge in [0.05, 0.1) is 23.8 Å². The van der Waals surface area contributed by atoms with Gasteiger partial charge in [-0.2, -0.15) is 5.10 Å². The molecule has 0 unspecified atom stereocenters. The largest absolute Gasteiger partial charge is 0.350 e. The van der Waals surface area contributed by atoms with Crippen LogP contribution < -0.4 is 5.32 Å². The van der Waals surface area contributed by atoms with Crippen molar-refractivity contribution in [2.24, 2.45) is 0 Å². The van der Waals surface area contributed by atoms with Crippen LogP contribution in [-0.2, 0) is 6.54 Å². The summed E-state index contributed by atoms with van der Waals surface area (Å²) in [6.07, 6.45) is 4.86. The van der Waals surface area contributed by atoms with Gasteiger partial charge in [0.1, 0.15) is 0 Å². The molecule has 0 atom stereocenters. The molecule has 0 bridgehead atoms. The number of aromatic amines is 1. The summed E-state index contributed by atoms with van der Waals surface area (Å²) in [5.74, 6) is -0.117. The number of H-pyrrole nitrogens is 1. The van der Waals surface area contributed by atoms with Crippen molar-refractivity contribution in [3.05, 3.63) is 35.7 Å². The zero-order chi connectivity index (χ0) is 12.3. The number of aromatic nitrogens is 4. The standard InChI is InChI=1S/C11H15N5O/c1-8-9(2)16(7-13-8)4-3-12-11(17)10-5-14-15-6-10/h5-7H,3-4H2,1-2H3,(H,12,17)(H,14,15). The van der Waals surface area contributed by atoms with Crippen LogP contribution in [0.15, 0.2) is 18.7 Å². The van der Waals surface area contributed by atoms with E-state index < -0.39 is 0 Å². The van der Waals surface area contributed by atoms with Crippen LogP contribution in [0.5, 0.6) is 0 Å². The van der Waals surface area contributed by atoms with Crippen LogP contribution in [0.4, 0.5) is 0 Å². The van der Waals surface area contributed by atoms with Gasteiger partial charge in [0.2, 0.25) is 0 Å². The minimum atomic E-state index is -0.117. The molecule has 0 saturated carbocycles. The lowest BCUT2D eigenvalue weighted by atomic mass is 10.3. The van der Waals surface area contributed by atoms with Crippen molar-refractivity contribution >= 4 is 5.91 Å². The van der Waals surface area contributed by atoms with Crippen LogP contribution in [-0.4, -0.2) is 32.2 Å². The minimum absolute atomic E-state index is 0.117. The van der Waals surface area contributed by atoms with Crippen LogP contribution in [0.2, 0.25) is 0 Å². The van der Waals surface area contributed by atoms with Gasteiger partial charge in [-0.05, 0) is 13.8 Å². The molecule has 6 nitrogen and oxygen atoms in total. The number of nitrogens with zero attached hydrogens (tertiary/aromatic N) is 3. The maximum atomic E-state index is 11.6. The summed E-state index contributed by atoms with van der Waals surface area (Å²) >= 11 is 0. The third-order valence-corrected chi connectivity index (χ3v) is 2.74. The van der Waals surface area contributed by atoms with Crippen LogP contribution in [0.25, 0.3) is 0 Å². The van der Waals surface area contributed by atoms with E-state index in [2.05, 4.69) is 20.5 Å². The van der Waals surface area contributed by atoms with Gasteiger partial charge in [-0.15, -0.1) is 0 Å². The summed E-state index contributed by atoms with van der Waals surface area (Å²) in [6.45, 7) is 5.27. The summed E-state index contributed by atoms with van der Waals surface area (Å²) in [5.41, 5.74) is 2.69. The Morgan fingerprint density at radius 1 is 1.53 bits per heavy atom. The Kier molecular flexibility index (Phi) is 3.22. The van der Waals surface area contributed by atoms with Crippen LogP contribution in [0, 0.1) is 13.8 Å². The Bertz CT molecular complexity index is 500. The molecule has 17 heavy (non-hydrogen) atoms. The van der Waals surface area contributed by atoms with Gasteiger partial charge in [-0.25, -0.2) is 4.98 Å². The van der Waals surface area contributed by atoms with Crippen LogP contribution >= 0.6 is 0 Å². The molecule has 0 aliphatic rings. The molecule has 0 spiro atoms. The third kappa shape index (κ3) is 2.52. The summed E-state index contributed by atoms with van der Waals surface area (Å²) in [5, 5.41) is 9.15. The molecule has 2 aromatic heterocycles. The monoisotopic (exact) mass is 233 g/mol. The summed E-state index contributed by atoms with van der Waals surface area (Å²) < 4.78 is 2.02. The van der Waals surface area contributed by atoms with Gasteiger partial charge in [-0.3, -0.25) is 9.89 Å². The van der Waals surface area contributed by atoms with E-state index in [0.717, 1.165) is 17.9 Å². The van der Waals surface area contributed by atoms with Crippen molar-refractivity contribution in [1.29, 1.82) is 0 Å². The van der Waals surface area contributed by atoms with E-state index in [4.69, 9.17) is 0 Å².